The Balaban J connectivity index is 1.98. The van der Waals surface area contributed by atoms with E-state index in [-0.39, 0.29) is 11.9 Å². The van der Waals surface area contributed by atoms with Crippen molar-refractivity contribution >= 4 is 21.8 Å². The fourth-order valence-corrected chi connectivity index (χ4v) is 1.97. The summed E-state index contributed by atoms with van der Waals surface area (Å²) in [5.74, 6) is 0.0478. The summed E-state index contributed by atoms with van der Waals surface area (Å²) >= 11 is 3.05. The quantitative estimate of drug-likeness (QED) is 0.934. The van der Waals surface area contributed by atoms with Gasteiger partial charge < -0.3 is 9.73 Å². The third-order valence-corrected chi connectivity index (χ3v) is 3.29. The second-order valence-electron chi connectivity index (χ2n) is 4.29. The molecule has 3 nitrogen and oxygen atoms in total. The van der Waals surface area contributed by atoms with E-state index in [0.717, 1.165) is 5.76 Å². The minimum atomic E-state index is -0.452. The summed E-state index contributed by atoms with van der Waals surface area (Å²) in [6.07, 6.45) is 2.19. The summed E-state index contributed by atoms with van der Waals surface area (Å²) in [5.41, 5.74) is 0.298. The van der Waals surface area contributed by atoms with Gasteiger partial charge in [-0.05, 0) is 53.2 Å². The van der Waals surface area contributed by atoms with Crippen LogP contribution in [0.15, 0.2) is 45.5 Å². The number of benzene rings is 1. The summed E-state index contributed by atoms with van der Waals surface area (Å²) in [5, 5.41) is 2.80. The molecule has 2 aromatic rings. The lowest BCUT2D eigenvalue weighted by molar-refractivity contribution is 0.0939. The number of carbonyl (C=O) groups is 1. The summed E-state index contributed by atoms with van der Waals surface area (Å²) in [6, 6.07) is 7.85. The predicted octanol–water partition coefficient (Wildman–Crippen LogP) is 3.54. The molecule has 1 aromatic heterocycles. The minimum absolute atomic E-state index is 0.0923. The Kier molecular flexibility index (Phi) is 4.37. The van der Waals surface area contributed by atoms with Crippen molar-refractivity contribution in [3.63, 3.8) is 0 Å². The van der Waals surface area contributed by atoms with Crippen molar-refractivity contribution in [1.29, 1.82) is 0 Å². The number of halogens is 2. The van der Waals surface area contributed by atoms with Crippen LogP contribution in [0, 0.1) is 5.82 Å². The van der Waals surface area contributed by atoms with Crippen LogP contribution in [0.4, 0.5) is 4.39 Å². The van der Waals surface area contributed by atoms with Gasteiger partial charge in [-0.2, -0.15) is 0 Å². The zero-order valence-electron chi connectivity index (χ0n) is 10.3. The molecule has 0 aliphatic carbocycles. The first-order valence-electron chi connectivity index (χ1n) is 5.84. The van der Waals surface area contributed by atoms with Crippen LogP contribution in [-0.4, -0.2) is 11.9 Å². The maximum absolute atomic E-state index is 13.3. The highest BCUT2D eigenvalue weighted by Crippen LogP contribution is 2.16. The molecule has 1 atom stereocenters. The Labute approximate surface area is 118 Å². The van der Waals surface area contributed by atoms with Crippen molar-refractivity contribution in [1.82, 2.24) is 5.32 Å². The molecule has 0 spiro atoms. The lowest BCUT2D eigenvalue weighted by Crippen LogP contribution is -2.34. The second kappa shape index (κ2) is 6.02. The molecule has 1 N–H and O–H groups in total. The van der Waals surface area contributed by atoms with Gasteiger partial charge in [0.1, 0.15) is 11.6 Å². The van der Waals surface area contributed by atoms with Gasteiger partial charge in [-0.15, -0.1) is 0 Å². The van der Waals surface area contributed by atoms with Crippen LogP contribution in [-0.2, 0) is 6.42 Å². The van der Waals surface area contributed by atoms with Crippen molar-refractivity contribution in [2.45, 2.75) is 19.4 Å². The van der Waals surface area contributed by atoms with Crippen LogP contribution in [0.5, 0.6) is 0 Å². The first-order chi connectivity index (χ1) is 9.06. The normalized spacial score (nSPS) is 12.2. The molecular formula is C14H13BrFNO2. The smallest absolute Gasteiger partial charge is 0.251 e. The number of amides is 1. The molecule has 0 saturated carbocycles. The highest BCUT2D eigenvalue weighted by molar-refractivity contribution is 9.10. The number of furan rings is 1. The Morgan fingerprint density at radius 3 is 2.89 bits per heavy atom. The lowest BCUT2D eigenvalue weighted by Gasteiger charge is -2.12. The van der Waals surface area contributed by atoms with Gasteiger partial charge in [0.05, 0.1) is 10.7 Å². The summed E-state index contributed by atoms with van der Waals surface area (Å²) in [6.45, 7) is 1.87. The average molecular weight is 326 g/mol. The van der Waals surface area contributed by atoms with Crippen LogP contribution >= 0.6 is 15.9 Å². The summed E-state index contributed by atoms with van der Waals surface area (Å²) in [4.78, 5) is 11.9. The number of hydrogen-bond donors (Lipinski definition) is 1. The van der Waals surface area contributed by atoms with E-state index in [1.165, 1.54) is 12.1 Å². The molecule has 0 aliphatic rings. The van der Waals surface area contributed by atoms with Gasteiger partial charge in [0, 0.05) is 18.0 Å². The monoisotopic (exact) mass is 325 g/mol. The zero-order chi connectivity index (χ0) is 13.8. The third-order valence-electron chi connectivity index (χ3n) is 2.65. The van der Waals surface area contributed by atoms with E-state index in [1.807, 2.05) is 13.0 Å². The second-order valence-corrected chi connectivity index (χ2v) is 5.14. The molecule has 0 radical (unpaired) electrons. The van der Waals surface area contributed by atoms with E-state index in [2.05, 4.69) is 21.2 Å². The summed E-state index contributed by atoms with van der Waals surface area (Å²) in [7, 11) is 0. The van der Waals surface area contributed by atoms with Gasteiger partial charge in [-0.1, -0.05) is 0 Å². The predicted molar refractivity (Wildman–Crippen MR) is 73.4 cm³/mol. The van der Waals surface area contributed by atoms with Gasteiger partial charge in [0.15, 0.2) is 0 Å². The molecule has 0 fully saturated rings. The Morgan fingerprint density at radius 1 is 1.47 bits per heavy atom. The highest BCUT2D eigenvalue weighted by Gasteiger charge is 2.12. The van der Waals surface area contributed by atoms with Crippen molar-refractivity contribution < 1.29 is 13.6 Å². The van der Waals surface area contributed by atoms with E-state index in [1.54, 1.807) is 18.4 Å². The fourth-order valence-electron chi connectivity index (χ4n) is 1.73. The Bertz CT molecular complexity index is 569. The molecule has 0 saturated heterocycles. The van der Waals surface area contributed by atoms with Crippen LogP contribution in [0.2, 0.25) is 0 Å². The number of hydrogen-bond acceptors (Lipinski definition) is 2. The number of carbonyl (C=O) groups excluding carboxylic acids is 1. The number of rotatable bonds is 4. The van der Waals surface area contributed by atoms with Gasteiger partial charge in [-0.25, -0.2) is 4.39 Å². The topological polar surface area (TPSA) is 42.2 Å². The maximum Gasteiger partial charge on any atom is 0.251 e. The fraction of sp³-hybridized carbons (Fsp3) is 0.214. The molecule has 0 aliphatic heterocycles. The van der Waals surface area contributed by atoms with Crippen molar-refractivity contribution in [3.05, 3.63) is 58.2 Å². The highest BCUT2D eigenvalue weighted by atomic mass is 79.9. The first-order valence-corrected chi connectivity index (χ1v) is 6.64. The molecule has 2 rings (SSSR count). The zero-order valence-corrected chi connectivity index (χ0v) is 11.9. The molecule has 100 valence electrons. The molecule has 5 heteroatoms. The van der Waals surface area contributed by atoms with E-state index >= 15 is 0 Å². The first kappa shape index (κ1) is 13.8. The van der Waals surface area contributed by atoms with Gasteiger partial charge in [0.2, 0.25) is 0 Å². The van der Waals surface area contributed by atoms with E-state index in [4.69, 9.17) is 4.42 Å². The molecular weight excluding hydrogens is 313 g/mol. The summed E-state index contributed by atoms with van der Waals surface area (Å²) < 4.78 is 18.9. The van der Waals surface area contributed by atoms with Crippen molar-refractivity contribution in [2.24, 2.45) is 0 Å². The lowest BCUT2D eigenvalue weighted by atomic mass is 10.1. The SMILES string of the molecule is CC(Cc1ccco1)NC(=O)c1ccc(Br)c(F)c1. The van der Waals surface area contributed by atoms with Crippen LogP contribution in [0.25, 0.3) is 0 Å². The largest absolute Gasteiger partial charge is 0.469 e. The van der Waals surface area contributed by atoms with Gasteiger partial charge in [-0.3, -0.25) is 4.79 Å². The maximum atomic E-state index is 13.3. The van der Waals surface area contributed by atoms with Crippen LogP contribution in [0.1, 0.15) is 23.0 Å². The minimum Gasteiger partial charge on any atom is -0.469 e. The Morgan fingerprint density at radius 2 is 2.26 bits per heavy atom. The van der Waals surface area contributed by atoms with E-state index in [9.17, 15) is 9.18 Å². The third kappa shape index (κ3) is 3.67. The molecule has 0 bridgehead atoms. The molecule has 1 heterocycles. The van der Waals surface area contributed by atoms with E-state index < -0.39 is 5.82 Å². The number of nitrogens with one attached hydrogen (secondary N) is 1. The van der Waals surface area contributed by atoms with Crippen LogP contribution < -0.4 is 5.32 Å². The Hall–Kier alpha value is -1.62. The van der Waals surface area contributed by atoms with Gasteiger partial charge in [0.25, 0.3) is 5.91 Å². The van der Waals surface area contributed by atoms with Gasteiger partial charge >= 0.3 is 0 Å². The molecule has 1 aromatic carbocycles. The standard InChI is InChI=1S/C14H13BrFNO2/c1-9(7-11-3-2-6-19-11)17-14(18)10-4-5-12(15)13(16)8-10/h2-6,8-9H,7H2,1H3,(H,17,18). The van der Waals surface area contributed by atoms with Crippen molar-refractivity contribution in [3.8, 4) is 0 Å². The van der Waals surface area contributed by atoms with Crippen molar-refractivity contribution in [2.75, 3.05) is 0 Å². The molecule has 1 amide bonds. The van der Waals surface area contributed by atoms with E-state index in [0.29, 0.717) is 16.5 Å². The molecule has 19 heavy (non-hydrogen) atoms. The molecule has 1 unspecified atom stereocenters. The van der Waals surface area contributed by atoms with Crippen LogP contribution in [0.3, 0.4) is 0 Å². The average Bonchev–Trinajstić information content (AvgIpc) is 2.85.